The summed E-state index contributed by atoms with van der Waals surface area (Å²) >= 11 is 6.61. The number of rotatable bonds is 8. The van der Waals surface area contributed by atoms with Crippen LogP contribution in [0.5, 0.6) is 0 Å². The van der Waals surface area contributed by atoms with Crippen molar-refractivity contribution in [1.82, 2.24) is 14.8 Å². The third-order valence-electron chi connectivity index (χ3n) is 4.84. The Kier molecular flexibility index (Phi) is 7.33. The number of fused-ring (bicyclic) bond motifs is 1. The average Bonchev–Trinajstić information content (AvgIpc) is 3.12. The van der Waals surface area contributed by atoms with E-state index < -0.39 is 0 Å². The van der Waals surface area contributed by atoms with Crippen molar-refractivity contribution in [3.8, 4) is 0 Å². The number of nitrogens with zero attached hydrogens (tertiary/aromatic N) is 3. The van der Waals surface area contributed by atoms with Gasteiger partial charge in [-0.25, -0.2) is 4.98 Å². The van der Waals surface area contributed by atoms with Gasteiger partial charge in [0.25, 0.3) is 0 Å². The van der Waals surface area contributed by atoms with E-state index in [0.29, 0.717) is 32.6 Å². The van der Waals surface area contributed by atoms with Gasteiger partial charge in [0.2, 0.25) is 11.8 Å². The maximum atomic E-state index is 12.5. The Balaban J connectivity index is 1.38. The fourth-order valence-electron chi connectivity index (χ4n) is 3.22. The van der Waals surface area contributed by atoms with Crippen LogP contribution in [0, 0.1) is 0 Å². The van der Waals surface area contributed by atoms with Crippen LogP contribution in [0.3, 0.4) is 0 Å². The Morgan fingerprint density at radius 2 is 1.71 bits per heavy atom. The molecule has 2 amide bonds. The van der Waals surface area contributed by atoms with Crippen molar-refractivity contribution < 1.29 is 9.59 Å². The van der Waals surface area contributed by atoms with Crippen LogP contribution >= 0.6 is 23.6 Å². The normalized spacial score (nSPS) is 14.3. The second kappa shape index (κ2) is 9.93. The molecule has 1 aromatic carbocycles. The number of hydrogen-bond acceptors (Lipinski definition) is 6. The first kappa shape index (κ1) is 20.7. The van der Waals surface area contributed by atoms with E-state index in [9.17, 15) is 9.59 Å². The smallest absolute Gasteiger partial charge is 0.242 e. The first-order valence-corrected chi connectivity index (χ1v) is 10.9. The van der Waals surface area contributed by atoms with Crippen molar-refractivity contribution in [2.45, 2.75) is 32.6 Å². The van der Waals surface area contributed by atoms with Crippen molar-refractivity contribution in [1.29, 1.82) is 0 Å². The molecular weight excluding hydrogens is 392 g/mol. The third kappa shape index (κ3) is 5.72. The molecule has 0 aliphatic carbocycles. The van der Waals surface area contributed by atoms with E-state index in [4.69, 9.17) is 12.2 Å². The zero-order valence-electron chi connectivity index (χ0n) is 16.1. The van der Waals surface area contributed by atoms with Crippen molar-refractivity contribution in [3.05, 3.63) is 24.3 Å². The topological polar surface area (TPSA) is 65.5 Å². The number of amides is 2. The number of piperazine rings is 1. The maximum Gasteiger partial charge on any atom is 0.242 e. The molecule has 1 saturated heterocycles. The second-order valence-electron chi connectivity index (χ2n) is 7.01. The van der Waals surface area contributed by atoms with E-state index in [-0.39, 0.29) is 18.4 Å². The van der Waals surface area contributed by atoms with Crippen molar-refractivity contribution in [2.24, 2.45) is 0 Å². The highest BCUT2D eigenvalue weighted by Gasteiger charge is 2.23. The lowest BCUT2D eigenvalue weighted by Crippen LogP contribution is -2.51. The molecule has 3 rings (SSSR count). The lowest BCUT2D eigenvalue weighted by molar-refractivity contribution is -0.138. The number of benzene rings is 1. The fraction of sp³-hybridized carbons (Fsp3) is 0.500. The van der Waals surface area contributed by atoms with Gasteiger partial charge >= 0.3 is 0 Å². The molecule has 2 aromatic rings. The molecule has 0 saturated carbocycles. The molecule has 6 nitrogen and oxygen atoms in total. The molecule has 8 heteroatoms. The monoisotopic (exact) mass is 418 g/mol. The summed E-state index contributed by atoms with van der Waals surface area (Å²) in [5, 5.41) is 3.89. The number of hydrogen-bond donors (Lipinski definition) is 1. The molecule has 0 unspecified atom stereocenters. The van der Waals surface area contributed by atoms with Crippen LogP contribution in [-0.4, -0.2) is 64.2 Å². The summed E-state index contributed by atoms with van der Waals surface area (Å²) < 4.78 is 1.10. The van der Waals surface area contributed by atoms with Gasteiger partial charge in [0.1, 0.15) is 0 Å². The van der Waals surface area contributed by atoms with Crippen LogP contribution in [0.2, 0.25) is 0 Å². The molecule has 0 radical (unpaired) electrons. The number of carbonyl (C=O) groups is 2. The number of aromatic nitrogens is 1. The van der Waals surface area contributed by atoms with Gasteiger partial charge in [-0.3, -0.25) is 9.59 Å². The molecule has 0 atom stereocenters. The number of thiazole rings is 1. The van der Waals surface area contributed by atoms with Gasteiger partial charge in [0, 0.05) is 32.6 Å². The predicted molar refractivity (Wildman–Crippen MR) is 118 cm³/mol. The Morgan fingerprint density at radius 1 is 1.07 bits per heavy atom. The summed E-state index contributed by atoms with van der Waals surface area (Å²) in [6.45, 7) is 4.57. The highest BCUT2D eigenvalue weighted by molar-refractivity contribution is 7.80. The Morgan fingerprint density at radius 3 is 2.39 bits per heavy atom. The second-order valence-corrected chi connectivity index (χ2v) is 8.74. The Bertz CT molecular complexity index is 811. The average molecular weight is 419 g/mol. The molecule has 1 aliphatic rings. The highest BCUT2D eigenvalue weighted by Crippen LogP contribution is 2.25. The summed E-state index contributed by atoms with van der Waals surface area (Å²) in [6, 6.07) is 7.92. The number of nitrogens with one attached hydrogen (secondary N) is 1. The Hall–Kier alpha value is -2.06. The number of para-hydroxylation sites is 1. The molecule has 1 aliphatic heterocycles. The molecule has 150 valence electrons. The van der Waals surface area contributed by atoms with Crippen LogP contribution in [0.25, 0.3) is 10.2 Å². The summed E-state index contributed by atoms with van der Waals surface area (Å²) in [5.74, 6) is 0.226. The molecule has 2 heterocycles. The van der Waals surface area contributed by atoms with Gasteiger partial charge in [-0.15, -0.1) is 0 Å². The van der Waals surface area contributed by atoms with Gasteiger partial charge in [-0.2, -0.15) is 0 Å². The van der Waals surface area contributed by atoms with E-state index >= 15 is 0 Å². The Labute approximate surface area is 174 Å². The minimum atomic E-state index is 0.0443. The minimum absolute atomic E-state index is 0.0443. The van der Waals surface area contributed by atoms with Crippen molar-refractivity contribution >= 4 is 55.6 Å². The number of carbonyl (C=O) groups excluding carboxylic acids is 2. The minimum Gasteiger partial charge on any atom is -0.352 e. The molecule has 1 fully saturated rings. The SMILES string of the molecule is CC(=S)CCCCC(=O)N1CCN(C(=O)CNc2nc3ccccc3s2)CC1. The fourth-order valence-corrected chi connectivity index (χ4v) is 4.23. The number of thiocarbonyl (C=S) groups is 1. The van der Waals surface area contributed by atoms with Gasteiger partial charge in [0.15, 0.2) is 5.13 Å². The van der Waals surface area contributed by atoms with Crippen LogP contribution < -0.4 is 5.32 Å². The maximum absolute atomic E-state index is 12.5. The van der Waals surface area contributed by atoms with E-state index in [1.165, 1.54) is 0 Å². The molecule has 28 heavy (non-hydrogen) atoms. The number of anilines is 1. The molecule has 0 bridgehead atoms. The third-order valence-corrected chi connectivity index (χ3v) is 6.04. The van der Waals surface area contributed by atoms with Crippen LogP contribution in [0.4, 0.5) is 5.13 Å². The van der Waals surface area contributed by atoms with E-state index in [1.54, 1.807) is 11.3 Å². The van der Waals surface area contributed by atoms with Crippen molar-refractivity contribution in [2.75, 3.05) is 38.0 Å². The highest BCUT2D eigenvalue weighted by atomic mass is 32.1. The lowest BCUT2D eigenvalue weighted by atomic mass is 10.1. The summed E-state index contributed by atoms with van der Waals surface area (Å²) in [6.07, 6.45) is 3.32. The zero-order valence-corrected chi connectivity index (χ0v) is 17.8. The van der Waals surface area contributed by atoms with Gasteiger partial charge in [-0.1, -0.05) is 35.7 Å². The lowest BCUT2D eigenvalue weighted by Gasteiger charge is -2.35. The van der Waals surface area contributed by atoms with Gasteiger partial charge < -0.3 is 15.1 Å². The molecule has 0 spiro atoms. The predicted octanol–water partition coefficient (Wildman–Crippen LogP) is 3.33. The van der Waals surface area contributed by atoms with Gasteiger partial charge in [0.05, 0.1) is 16.8 Å². The first-order chi connectivity index (χ1) is 13.5. The summed E-state index contributed by atoms with van der Waals surface area (Å²) in [7, 11) is 0. The molecular formula is C20H26N4O2S2. The van der Waals surface area contributed by atoms with E-state index in [1.807, 2.05) is 41.0 Å². The summed E-state index contributed by atoms with van der Waals surface area (Å²) in [5.41, 5.74) is 0.940. The zero-order chi connectivity index (χ0) is 19.9. The van der Waals surface area contributed by atoms with Crippen LogP contribution in [0.15, 0.2) is 24.3 Å². The van der Waals surface area contributed by atoms with Crippen LogP contribution in [0.1, 0.15) is 32.6 Å². The summed E-state index contributed by atoms with van der Waals surface area (Å²) in [4.78, 5) is 33.9. The van der Waals surface area contributed by atoms with Crippen LogP contribution in [-0.2, 0) is 9.59 Å². The van der Waals surface area contributed by atoms with E-state index in [0.717, 1.165) is 39.5 Å². The van der Waals surface area contributed by atoms with Gasteiger partial charge in [-0.05, 0) is 43.2 Å². The number of unbranched alkanes of at least 4 members (excludes halogenated alkanes) is 1. The quantitative estimate of drug-likeness (QED) is 0.526. The first-order valence-electron chi connectivity index (χ1n) is 9.67. The largest absolute Gasteiger partial charge is 0.352 e. The molecule has 1 N–H and O–H groups in total. The standard InChI is InChI=1S/C20H26N4O2S2/c1-15(27)6-2-5-9-18(25)23-10-12-24(13-11-23)19(26)14-21-20-22-16-7-3-4-8-17(16)28-20/h3-4,7-8H,2,5-6,9-14H2,1H3,(H,21,22). The molecule has 1 aromatic heterocycles. The van der Waals surface area contributed by atoms with E-state index in [2.05, 4.69) is 10.3 Å². The van der Waals surface area contributed by atoms with Crippen molar-refractivity contribution in [3.63, 3.8) is 0 Å².